The van der Waals surface area contributed by atoms with Crippen molar-refractivity contribution in [1.82, 2.24) is 4.98 Å². The predicted octanol–water partition coefficient (Wildman–Crippen LogP) is 4.47. The monoisotopic (exact) mass is 382 g/mol. The Balaban J connectivity index is 1.62. The van der Waals surface area contributed by atoms with Crippen molar-refractivity contribution < 1.29 is 9.72 Å². The third-order valence-electron chi connectivity index (χ3n) is 3.90. The Morgan fingerprint density at radius 3 is 2.56 bits per heavy atom. The van der Waals surface area contributed by atoms with Crippen molar-refractivity contribution in [2.24, 2.45) is 0 Å². The van der Waals surface area contributed by atoms with Gasteiger partial charge in [-0.25, -0.2) is 4.98 Å². The first-order valence-corrected chi connectivity index (χ1v) is 9.15. The second-order valence-electron chi connectivity index (χ2n) is 5.99. The van der Waals surface area contributed by atoms with Gasteiger partial charge in [-0.15, -0.1) is 11.3 Å². The molecule has 0 saturated carbocycles. The largest absolute Gasteiger partial charge is 0.374 e. The molecular weight excluding hydrogens is 364 g/mol. The van der Waals surface area contributed by atoms with Gasteiger partial charge in [0.25, 0.3) is 5.69 Å². The van der Waals surface area contributed by atoms with Crippen molar-refractivity contribution in [3.8, 4) is 11.3 Å². The summed E-state index contributed by atoms with van der Waals surface area (Å²) in [5.74, 6) is -0.283. The Morgan fingerprint density at radius 2 is 1.93 bits per heavy atom. The Kier molecular flexibility index (Phi) is 5.46. The first kappa shape index (κ1) is 18.5. The summed E-state index contributed by atoms with van der Waals surface area (Å²) in [6.07, 6.45) is 0. The standard InChI is InChI=1S/C19H18N4O3S/c1-12(19(24)22-16-4-3-5-17(10-16)23(25)26)20-15-8-6-14(7-9-15)18-11-27-13(2)21-18/h3-12,20H,1-2H3,(H,22,24)/t12-/m0/s1. The number of benzene rings is 2. The van der Waals surface area contributed by atoms with Crippen molar-refractivity contribution in [3.05, 3.63) is 69.0 Å². The molecule has 0 aliphatic rings. The van der Waals surface area contributed by atoms with Gasteiger partial charge in [0.2, 0.25) is 5.91 Å². The molecule has 0 spiro atoms. The van der Waals surface area contributed by atoms with Crippen LogP contribution >= 0.6 is 11.3 Å². The van der Waals surface area contributed by atoms with Gasteiger partial charge in [0.1, 0.15) is 6.04 Å². The minimum atomic E-state index is -0.517. The minimum absolute atomic E-state index is 0.0683. The molecular formula is C19H18N4O3S. The zero-order valence-electron chi connectivity index (χ0n) is 14.8. The number of aromatic nitrogens is 1. The van der Waals surface area contributed by atoms with Gasteiger partial charge < -0.3 is 10.6 Å². The smallest absolute Gasteiger partial charge is 0.271 e. The number of non-ortho nitro benzene ring substituents is 1. The molecule has 138 valence electrons. The van der Waals surface area contributed by atoms with E-state index < -0.39 is 11.0 Å². The van der Waals surface area contributed by atoms with E-state index in [4.69, 9.17) is 0 Å². The van der Waals surface area contributed by atoms with Crippen LogP contribution in [0.1, 0.15) is 11.9 Å². The summed E-state index contributed by atoms with van der Waals surface area (Å²) in [7, 11) is 0. The topological polar surface area (TPSA) is 97.2 Å². The summed E-state index contributed by atoms with van der Waals surface area (Å²) in [6.45, 7) is 3.69. The molecule has 0 fully saturated rings. The highest BCUT2D eigenvalue weighted by atomic mass is 32.1. The molecule has 1 heterocycles. The van der Waals surface area contributed by atoms with Gasteiger partial charge >= 0.3 is 0 Å². The Hall–Kier alpha value is -3.26. The molecule has 0 bridgehead atoms. The molecule has 1 atom stereocenters. The number of nitrogens with zero attached hydrogens (tertiary/aromatic N) is 2. The van der Waals surface area contributed by atoms with E-state index in [2.05, 4.69) is 15.6 Å². The highest BCUT2D eigenvalue weighted by Gasteiger charge is 2.14. The van der Waals surface area contributed by atoms with Crippen LogP contribution in [-0.4, -0.2) is 21.9 Å². The molecule has 27 heavy (non-hydrogen) atoms. The van der Waals surface area contributed by atoms with E-state index in [-0.39, 0.29) is 11.6 Å². The van der Waals surface area contributed by atoms with Crippen LogP contribution in [0.2, 0.25) is 0 Å². The summed E-state index contributed by atoms with van der Waals surface area (Å²) in [4.78, 5) is 27.1. The SMILES string of the molecule is Cc1nc(-c2ccc(N[C@@H](C)C(=O)Nc3cccc([N+](=O)[O-])c3)cc2)cs1. The molecule has 2 aromatic carbocycles. The summed E-state index contributed by atoms with van der Waals surface area (Å²) < 4.78 is 0. The molecule has 7 nitrogen and oxygen atoms in total. The second-order valence-corrected chi connectivity index (χ2v) is 7.05. The molecule has 0 radical (unpaired) electrons. The van der Waals surface area contributed by atoms with E-state index in [1.165, 1.54) is 18.2 Å². The predicted molar refractivity (Wildman–Crippen MR) is 107 cm³/mol. The highest BCUT2D eigenvalue weighted by molar-refractivity contribution is 7.09. The number of hydrogen-bond donors (Lipinski definition) is 2. The first-order valence-electron chi connectivity index (χ1n) is 8.27. The lowest BCUT2D eigenvalue weighted by molar-refractivity contribution is -0.384. The Labute approximate surface area is 160 Å². The molecule has 0 unspecified atom stereocenters. The number of aryl methyl sites for hydroxylation is 1. The fraction of sp³-hybridized carbons (Fsp3) is 0.158. The average molecular weight is 382 g/mol. The summed E-state index contributed by atoms with van der Waals surface area (Å²) in [6, 6.07) is 13.0. The normalized spacial score (nSPS) is 11.6. The lowest BCUT2D eigenvalue weighted by Crippen LogP contribution is -2.31. The van der Waals surface area contributed by atoms with Gasteiger partial charge in [-0.1, -0.05) is 18.2 Å². The molecule has 2 N–H and O–H groups in total. The van der Waals surface area contributed by atoms with Crippen LogP contribution in [-0.2, 0) is 4.79 Å². The van der Waals surface area contributed by atoms with E-state index in [0.717, 1.165) is 22.0 Å². The van der Waals surface area contributed by atoms with Crippen molar-refractivity contribution in [2.45, 2.75) is 19.9 Å². The second kappa shape index (κ2) is 7.96. The van der Waals surface area contributed by atoms with Crippen LogP contribution in [0, 0.1) is 17.0 Å². The van der Waals surface area contributed by atoms with E-state index in [0.29, 0.717) is 5.69 Å². The lowest BCUT2D eigenvalue weighted by Gasteiger charge is -2.15. The number of nitro groups is 1. The molecule has 8 heteroatoms. The number of carbonyl (C=O) groups excluding carboxylic acids is 1. The van der Waals surface area contributed by atoms with Gasteiger partial charge in [0.15, 0.2) is 0 Å². The van der Waals surface area contributed by atoms with Crippen molar-refractivity contribution in [3.63, 3.8) is 0 Å². The van der Waals surface area contributed by atoms with Gasteiger partial charge in [-0.2, -0.15) is 0 Å². The van der Waals surface area contributed by atoms with Gasteiger partial charge in [-0.3, -0.25) is 14.9 Å². The zero-order chi connectivity index (χ0) is 19.4. The highest BCUT2D eigenvalue weighted by Crippen LogP contribution is 2.23. The molecule has 0 aliphatic heterocycles. The van der Waals surface area contributed by atoms with Crippen molar-refractivity contribution >= 4 is 34.3 Å². The molecule has 0 aliphatic carbocycles. The maximum atomic E-state index is 12.3. The fourth-order valence-corrected chi connectivity index (χ4v) is 3.12. The van der Waals surface area contributed by atoms with Crippen LogP contribution in [0.4, 0.5) is 17.1 Å². The summed E-state index contributed by atoms with van der Waals surface area (Å²) >= 11 is 1.60. The van der Waals surface area contributed by atoms with E-state index in [9.17, 15) is 14.9 Å². The van der Waals surface area contributed by atoms with E-state index in [1.807, 2.05) is 36.6 Å². The Morgan fingerprint density at radius 1 is 1.19 bits per heavy atom. The third kappa shape index (κ3) is 4.68. The van der Waals surface area contributed by atoms with Gasteiger partial charge in [-0.05, 0) is 32.0 Å². The van der Waals surface area contributed by atoms with Crippen LogP contribution in [0.5, 0.6) is 0 Å². The number of thiazole rings is 1. The lowest BCUT2D eigenvalue weighted by atomic mass is 10.1. The van der Waals surface area contributed by atoms with E-state index in [1.54, 1.807) is 24.3 Å². The first-order chi connectivity index (χ1) is 12.9. The minimum Gasteiger partial charge on any atom is -0.374 e. The number of amides is 1. The number of rotatable bonds is 6. The van der Waals surface area contributed by atoms with Crippen LogP contribution < -0.4 is 10.6 Å². The molecule has 3 rings (SSSR count). The van der Waals surface area contributed by atoms with Crippen molar-refractivity contribution in [2.75, 3.05) is 10.6 Å². The van der Waals surface area contributed by atoms with Crippen LogP contribution in [0.3, 0.4) is 0 Å². The molecule has 0 saturated heterocycles. The van der Waals surface area contributed by atoms with Crippen molar-refractivity contribution in [1.29, 1.82) is 0 Å². The average Bonchev–Trinajstić information content (AvgIpc) is 3.09. The number of hydrogen-bond acceptors (Lipinski definition) is 6. The molecule has 1 aromatic heterocycles. The maximum absolute atomic E-state index is 12.3. The van der Waals surface area contributed by atoms with E-state index >= 15 is 0 Å². The molecule has 3 aromatic rings. The van der Waals surface area contributed by atoms with Gasteiger partial charge in [0, 0.05) is 34.5 Å². The number of nitrogens with one attached hydrogen (secondary N) is 2. The Bertz CT molecular complexity index is 969. The number of nitro benzene ring substituents is 1. The third-order valence-corrected chi connectivity index (χ3v) is 4.67. The number of anilines is 2. The van der Waals surface area contributed by atoms with Crippen LogP contribution in [0.15, 0.2) is 53.9 Å². The fourth-order valence-electron chi connectivity index (χ4n) is 2.50. The van der Waals surface area contributed by atoms with Gasteiger partial charge in [0.05, 0.1) is 15.6 Å². The molecule has 1 amide bonds. The summed E-state index contributed by atoms with van der Waals surface area (Å²) in [5.41, 5.74) is 3.06. The van der Waals surface area contributed by atoms with Crippen LogP contribution in [0.25, 0.3) is 11.3 Å². The summed E-state index contributed by atoms with van der Waals surface area (Å²) in [5, 5.41) is 19.6. The quantitative estimate of drug-likeness (QED) is 0.484. The number of carbonyl (C=O) groups is 1. The zero-order valence-corrected chi connectivity index (χ0v) is 15.6. The maximum Gasteiger partial charge on any atom is 0.271 e.